The predicted octanol–water partition coefficient (Wildman–Crippen LogP) is 11.5. The molecule has 208 valence electrons. The quantitative estimate of drug-likeness (QED) is 0.202. The molecule has 0 saturated carbocycles. The monoisotopic (exact) mass is 572 g/mol. The summed E-state index contributed by atoms with van der Waals surface area (Å²) in [6, 6.07) is 52.8. The highest BCUT2D eigenvalue weighted by atomic mass is 16.3. The van der Waals surface area contributed by atoms with Crippen molar-refractivity contribution in [1.82, 2.24) is 8.97 Å². The lowest BCUT2D eigenvalue weighted by Gasteiger charge is -2.12. The third-order valence-corrected chi connectivity index (χ3v) is 9.85. The molecule has 4 aromatic heterocycles. The Morgan fingerprint density at radius 3 is 1.80 bits per heavy atom. The molecule has 3 heteroatoms. The van der Waals surface area contributed by atoms with Crippen molar-refractivity contribution in [3.05, 3.63) is 146 Å². The van der Waals surface area contributed by atoms with Gasteiger partial charge >= 0.3 is 0 Å². The van der Waals surface area contributed by atoms with Crippen LogP contribution in [-0.2, 0) is 0 Å². The highest BCUT2D eigenvalue weighted by Gasteiger charge is 2.22. The lowest BCUT2D eigenvalue weighted by atomic mass is 10.0. The van der Waals surface area contributed by atoms with Crippen LogP contribution < -0.4 is 0 Å². The molecule has 0 bridgehead atoms. The second-order valence-corrected chi connectivity index (χ2v) is 12.1. The minimum atomic E-state index is 0.917. The van der Waals surface area contributed by atoms with Crippen LogP contribution in [0.2, 0.25) is 0 Å². The zero-order valence-corrected chi connectivity index (χ0v) is 24.2. The molecule has 0 aliphatic rings. The number of para-hydroxylation sites is 4. The molecule has 0 N–H and O–H groups in total. The van der Waals surface area contributed by atoms with Gasteiger partial charge in [-0.15, -0.1) is 0 Å². The average Bonchev–Trinajstić information content (AvgIpc) is 3.83. The molecule has 11 aromatic rings. The van der Waals surface area contributed by atoms with Crippen molar-refractivity contribution in [2.75, 3.05) is 0 Å². The minimum absolute atomic E-state index is 0.917. The molecule has 0 amide bonds. The van der Waals surface area contributed by atoms with Gasteiger partial charge in [-0.3, -0.25) is 0 Å². The van der Waals surface area contributed by atoms with Gasteiger partial charge in [-0.25, -0.2) is 0 Å². The Hall–Kier alpha value is -6.06. The van der Waals surface area contributed by atoms with Gasteiger partial charge in [0.25, 0.3) is 0 Å². The Labute approximate surface area is 257 Å². The number of hydrogen-bond acceptors (Lipinski definition) is 1. The van der Waals surface area contributed by atoms with Crippen LogP contribution in [0.4, 0.5) is 0 Å². The summed E-state index contributed by atoms with van der Waals surface area (Å²) < 4.78 is 11.1. The van der Waals surface area contributed by atoms with E-state index in [9.17, 15) is 0 Å². The summed E-state index contributed by atoms with van der Waals surface area (Å²) >= 11 is 0. The molecule has 0 aliphatic carbocycles. The fourth-order valence-corrected chi connectivity index (χ4v) is 7.94. The van der Waals surface area contributed by atoms with E-state index >= 15 is 0 Å². The van der Waals surface area contributed by atoms with E-state index in [0.717, 1.165) is 21.9 Å². The number of fused-ring (bicyclic) bond motifs is 12. The summed E-state index contributed by atoms with van der Waals surface area (Å²) in [7, 11) is 0. The van der Waals surface area contributed by atoms with Crippen LogP contribution in [0.3, 0.4) is 0 Å². The standard InChI is InChI=1S/C42H24N2O/c1-5-13-34-27(9-1)29-19-17-26(25-18-22-40-33(23-25)30-11-4-8-16-39(30)45-40)24-38(29)43(34)37-21-20-31-28-10-2-6-14-35(28)44-36-15-7-3-12-32(36)41(37)42(31)44/h1-24H. The normalized spacial score (nSPS) is 12.4. The minimum Gasteiger partial charge on any atom is -0.456 e. The molecule has 0 saturated heterocycles. The fourth-order valence-electron chi connectivity index (χ4n) is 7.94. The molecule has 4 heterocycles. The maximum atomic E-state index is 6.14. The Morgan fingerprint density at radius 2 is 0.956 bits per heavy atom. The van der Waals surface area contributed by atoms with Gasteiger partial charge in [0.05, 0.1) is 33.3 Å². The van der Waals surface area contributed by atoms with Crippen LogP contribution in [0.15, 0.2) is 150 Å². The van der Waals surface area contributed by atoms with Gasteiger partial charge in [-0.2, -0.15) is 0 Å². The predicted molar refractivity (Wildman–Crippen MR) is 188 cm³/mol. The van der Waals surface area contributed by atoms with E-state index in [1.807, 2.05) is 12.1 Å². The van der Waals surface area contributed by atoms with Crippen LogP contribution >= 0.6 is 0 Å². The molecule has 0 radical (unpaired) electrons. The van der Waals surface area contributed by atoms with Crippen molar-refractivity contribution in [2.24, 2.45) is 0 Å². The first-order chi connectivity index (χ1) is 22.3. The van der Waals surface area contributed by atoms with E-state index in [0.29, 0.717) is 0 Å². The van der Waals surface area contributed by atoms with Crippen molar-refractivity contribution in [3.8, 4) is 16.8 Å². The smallest absolute Gasteiger partial charge is 0.135 e. The summed E-state index contributed by atoms with van der Waals surface area (Å²) in [6.45, 7) is 0. The van der Waals surface area contributed by atoms with E-state index < -0.39 is 0 Å². The van der Waals surface area contributed by atoms with E-state index in [-0.39, 0.29) is 0 Å². The molecule has 45 heavy (non-hydrogen) atoms. The highest BCUT2D eigenvalue weighted by molar-refractivity contribution is 6.26. The van der Waals surface area contributed by atoms with Gasteiger partial charge in [0.1, 0.15) is 11.2 Å². The Morgan fingerprint density at radius 1 is 0.378 bits per heavy atom. The topological polar surface area (TPSA) is 22.5 Å². The number of nitrogens with zero attached hydrogens (tertiary/aromatic N) is 2. The molecule has 0 aliphatic heterocycles. The van der Waals surface area contributed by atoms with Gasteiger partial charge < -0.3 is 13.4 Å². The molecule has 11 rings (SSSR count). The van der Waals surface area contributed by atoms with Crippen LogP contribution in [0.5, 0.6) is 0 Å². The van der Waals surface area contributed by atoms with Crippen molar-refractivity contribution in [3.63, 3.8) is 0 Å². The first-order valence-electron chi connectivity index (χ1n) is 15.4. The molecule has 3 nitrogen and oxygen atoms in total. The number of aromatic nitrogens is 2. The molecule has 7 aromatic carbocycles. The summed E-state index contributed by atoms with van der Waals surface area (Å²) in [6.07, 6.45) is 0. The first-order valence-corrected chi connectivity index (χ1v) is 15.4. The molecule has 0 atom stereocenters. The number of furan rings is 1. The van der Waals surface area contributed by atoms with E-state index in [2.05, 4.69) is 142 Å². The van der Waals surface area contributed by atoms with Gasteiger partial charge in [0, 0.05) is 43.1 Å². The van der Waals surface area contributed by atoms with E-state index in [1.165, 1.54) is 76.7 Å². The van der Waals surface area contributed by atoms with Crippen LogP contribution in [-0.4, -0.2) is 8.97 Å². The third kappa shape index (κ3) is 2.95. The molecule has 0 spiro atoms. The maximum absolute atomic E-state index is 6.14. The largest absolute Gasteiger partial charge is 0.456 e. The van der Waals surface area contributed by atoms with Crippen LogP contribution in [0.25, 0.3) is 98.7 Å². The lowest BCUT2D eigenvalue weighted by molar-refractivity contribution is 0.669. The van der Waals surface area contributed by atoms with Gasteiger partial charge in [-0.1, -0.05) is 97.1 Å². The second-order valence-electron chi connectivity index (χ2n) is 12.1. The average molecular weight is 573 g/mol. The second kappa shape index (κ2) is 8.31. The van der Waals surface area contributed by atoms with E-state index in [1.54, 1.807) is 0 Å². The van der Waals surface area contributed by atoms with Crippen LogP contribution in [0.1, 0.15) is 0 Å². The molecular weight excluding hydrogens is 548 g/mol. The SMILES string of the molecule is c1ccc2c(c1)oc1ccc(-c3ccc4c5ccccc5n(-c5ccc6c7ccccc7n7c8ccccc8c5c67)c4c3)cc12. The Kier molecular flexibility index (Phi) is 4.32. The zero-order valence-electron chi connectivity index (χ0n) is 24.2. The number of benzene rings is 7. The van der Waals surface area contributed by atoms with Gasteiger partial charge in [0.15, 0.2) is 0 Å². The molecule has 0 fully saturated rings. The summed E-state index contributed by atoms with van der Waals surface area (Å²) in [5, 5.41) is 9.96. The third-order valence-electron chi connectivity index (χ3n) is 9.85. The molecule has 0 unspecified atom stereocenters. The first kappa shape index (κ1) is 23.4. The Balaban J connectivity index is 1.25. The lowest BCUT2D eigenvalue weighted by Crippen LogP contribution is -1.95. The van der Waals surface area contributed by atoms with E-state index in [4.69, 9.17) is 4.42 Å². The fraction of sp³-hybridized carbons (Fsp3) is 0. The summed E-state index contributed by atoms with van der Waals surface area (Å²) in [5.41, 5.74) is 11.6. The van der Waals surface area contributed by atoms with Gasteiger partial charge in [-0.05, 0) is 59.7 Å². The van der Waals surface area contributed by atoms with Crippen LogP contribution in [0, 0.1) is 0 Å². The maximum Gasteiger partial charge on any atom is 0.135 e. The number of hydrogen-bond donors (Lipinski definition) is 0. The molecular formula is C42H24N2O. The summed E-state index contributed by atoms with van der Waals surface area (Å²) in [5.74, 6) is 0. The van der Waals surface area contributed by atoms with Gasteiger partial charge in [0.2, 0.25) is 0 Å². The summed E-state index contributed by atoms with van der Waals surface area (Å²) in [4.78, 5) is 0. The van der Waals surface area contributed by atoms with Crippen molar-refractivity contribution in [2.45, 2.75) is 0 Å². The van der Waals surface area contributed by atoms with Crippen molar-refractivity contribution < 1.29 is 4.42 Å². The highest BCUT2D eigenvalue weighted by Crippen LogP contribution is 2.44. The number of rotatable bonds is 2. The van der Waals surface area contributed by atoms with Crippen molar-refractivity contribution >= 4 is 81.8 Å². The zero-order chi connectivity index (χ0) is 29.2. The van der Waals surface area contributed by atoms with Crippen molar-refractivity contribution in [1.29, 1.82) is 0 Å². The Bertz CT molecular complexity index is 2990.